The summed E-state index contributed by atoms with van der Waals surface area (Å²) in [7, 11) is -3.30. The van der Waals surface area contributed by atoms with Gasteiger partial charge in [0.25, 0.3) is 0 Å². The molecule has 0 unspecified atom stereocenters. The van der Waals surface area contributed by atoms with E-state index in [1.54, 1.807) is 22.1 Å². The number of hydrogen-bond donors (Lipinski definition) is 0. The van der Waals surface area contributed by atoms with Gasteiger partial charge >= 0.3 is 18.5 Å². The lowest BCUT2D eigenvalue weighted by Crippen LogP contribution is -2.74. The zero-order valence-electron chi connectivity index (χ0n) is 35.5. The summed E-state index contributed by atoms with van der Waals surface area (Å²) in [6.45, 7) is 5.09. The maximum absolute atomic E-state index is 14.9. The van der Waals surface area contributed by atoms with E-state index < -0.39 is 43.3 Å². The molecule has 0 fully saturated rings. The molecule has 330 valence electrons. The van der Waals surface area contributed by atoms with Crippen LogP contribution in [0.5, 0.6) is 0 Å². The molecule has 12 heteroatoms. The summed E-state index contributed by atoms with van der Waals surface area (Å²) < 4.78 is 133. The highest BCUT2D eigenvalue weighted by atomic mass is 28.3. The van der Waals surface area contributed by atoms with Crippen molar-refractivity contribution < 1.29 is 39.5 Å². The van der Waals surface area contributed by atoms with Gasteiger partial charge in [-0.2, -0.15) is 39.5 Å². The first-order chi connectivity index (χ1) is 31.4. The molecule has 0 atom stereocenters. The van der Waals surface area contributed by atoms with E-state index in [-0.39, 0.29) is 21.9 Å². The van der Waals surface area contributed by atoms with Crippen LogP contribution in [0.1, 0.15) is 33.4 Å². The van der Waals surface area contributed by atoms with Crippen LogP contribution in [0.4, 0.5) is 39.5 Å². The van der Waals surface area contributed by atoms with Crippen molar-refractivity contribution in [2.75, 3.05) is 0 Å². The van der Waals surface area contributed by atoms with Gasteiger partial charge in [0.1, 0.15) is 0 Å². The third kappa shape index (κ3) is 6.88. The largest absolute Gasteiger partial charge is 0.418 e. The lowest BCUT2D eigenvalue weighted by Gasteiger charge is -2.34. The quantitative estimate of drug-likeness (QED) is 0.0894. The van der Waals surface area contributed by atoms with Crippen molar-refractivity contribution in [3.8, 4) is 11.4 Å². The minimum Gasteiger partial charge on any atom is -0.309 e. The number of hydrogen-bond acceptors (Lipinski definition) is 0. The highest BCUT2D eigenvalue weighted by molar-refractivity contribution is 7.19. The van der Waals surface area contributed by atoms with E-state index >= 15 is 0 Å². The smallest absolute Gasteiger partial charge is 0.309 e. The molecule has 10 rings (SSSR count). The Morgan fingerprint density at radius 3 is 1.32 bits per heavy atom. The van der Waals surface area contributed by atoms with Crippen molar-refractivity contribution >= 4 is 72.4 Å². The first-order valence-corrected chi connectivity index (χ1v) is 23.0. The van der Waals surface area contributed by atoms with Gasteiger partial charge in [-0.3, -0.25) is 0 Å². The van der Waals surface area contributed by atoms with E-state index in [4.69, 9.17) is 0 Å². The zero-order chi connectivity index (χ0) is 46.5. The molecule has 0 saturated carbocycles. The maximum Gasteiger partial charge on any atom is 0.418 e. The van der Waals surface area contributed by atoms with Crippen LogP contribution in [-0.4, -0.2) is 17.2 Å². The molecule has 0 aliphatic carbocycles. The second kappa shape index (κ2) is 15.3. The Morgan fingerprint density at radius 1 is 0.364 bits per heavy atom. The van der Waals surface area contributed by atoms with Crippen LogP contribution in [0.3, 0.4) is 0 Å². The van der Waals surface area contributed by atoms with Crippen LogP contribution in [0.2, 0.25) is 0 Å². The Labute approximate surface area is 373 Å². The third-order valence-corrected chi connectivity index (χ3v) is 17.5. The fourth-order valence-electron chi connectivity index (χ4n) is 9.94. The maximum atomic E-state index is 14.9. The molecule has 0 aliphatic heterocycles. The number of rotatable bonds is 6. The molecule has 10 aromatic rings. The molecule has 0 spiro atoms. The van der Waals surface area contributed by atoms with Gasteiger partial charge in [-0.25, -0.2) is 0 Å². The van der Waals surface area contributed by atoms with Crippen molar-refractivity contribution in [3.63, 3.8) is 0 Å². The van der Waals surface area contributed by atoms with Crippen LogP contribution in [-0.2, 0) is 18.5 Å². The van der Waals surface area contributed by atoms with Crippen molar-refractivity contribution in [1.29, 1.82) is 0 Å². The summed E-state index contributed by atoms with van der Waals surface area (Å²) in [5.41, 5.74) is 1.41. The Balaban J connectivity index is 1.20. The number of alkyl halides is 9. The van der Waals surface area contributed by atoms with Gasteiger partial charge in [-0.15, -0.1) is 0 Å². The van der Waals surface area contributed by atoms with Gasteiger partial charge in [-0.1, -0.05) is 96.6 Å². The highest BCUT2D eigenvalue weighted by Crippen LogP contribution is 2.43. The fraction of sp³-hybridized carbons (Fsp3) is 0.111. The molecular weight excluding hydrogens is 876 g/mol. The second-order valence-electron chi connectivity index (χ2n) is 16.9. The predicted octanol–water partition coefficient (Wildman–Crippen LogP) is 13.2. The van der Waals surface area contributed by atoms with Crippen LogP contribution >= 0.6 is 0 Å². The second-order valence-corrected chi connectivity index (χ2v) is 20.7. The van der Waals surface area contributed by atoms with Gasteiger partial charge in [0.05, 0.1) is 38.8 Å². The molecule has 0 radical (unpaired) electrons. The minimum absolute atomic E-state index is 0.0337. The lowest BCUT2D eigenvalue weighted by atomic mass is 10.0. The number of fused-ring (bicyclic) bond motifs is 6. The van der Waals surface area contributed by atoms with E-state index in [1.807, 2.05) is 110 Å². The summed E-state index contributed by atoms with van der Waals surface area (Å²) >= 11 is 0. The number of aromatic nitrogens is 2. The van der Waals surface area contributed by atoms with Gasteiger partial charge in [0.15, 0.2) is 8.07 Å². The molecule has 0 bridgehead atoms. The van der Waals surface area contributed by atoms with E-state index in [9.17, 15) is 39.5 Å². The van der Waals surface area contributed by atoms with Crippen molar-refractivity contribution in [2.45, 2.75) is 39.3 Å². The Morgan fingerprint density at radius 2 is 0.803 bits per heavy atom. The van der Waals surface area contributed by atoms with Crippen LogP contribution in [0.25, 0.3) is 55.0 Å². The van der Waals surface area contributed by atoms with Crippen LogP contribution in [0, 0.1) is 20.8 Å². The Bertz CT molecular complexity index is 3450. The monoisotopic (exact) mass is 912 g/mol. The normalized spacial score (nSPS) is 12.8. The predicted molar refractivity (Wildman–Crippen MR) is 248 cm³/mol. The van der Waals surface area contributed by atoms with Gasteiger partial charge in [0, 0.05) is 32.9 Å². The van der Waals surface area contributed by atoms with E-state index in [0.29, 0.717) is 44.3 Å². The molecular formula is C54H37F9N2Si. The third-order valence-electron chi connectivity index (χ3n) is 12.7. The van der Waals surface area contributed by atoms with Crippen LogP contribution in [0.15, 0.2) is 170 Å². The molecule has 8 aromatic carbocycles. The topological polar surface area (TPSA) is 9.86 Å². The summed E-state index contributed by atoms with van der Waals surface area (Å²) in [5, 5.41) is 5.13. The first-order valence-electron chi connectivity index (χ1n) is 21.0. The first kappa shape index (κ1) is 42.9. The van der Waals surface area contributed by atoms with Gasteiger partial charge < -0.3 is 9.13 Å². The molecule has 66 heavy (non-hydrogen) atoms. The average Bonchev–Trinajstić information content (AvgIpc) is 3.79. The Hall–Kier alpha value is -7.05. The standard InChI is InChI=1S/C54H37F9N2Si/c1-32-14-24-48-43(26-32)45-27-33(2)28-47(54(61,62)63)51(45)65(48)38-18-22-42(23-19-38)66(39-10-6-4-7-11-39,40-12-8-5-9-13-40)41-20-16-37(17-21-41)64-49-25-15-35(52(55,56)57)30-44(49)46-31-36(53(58,59)60)29-34(3)50(46)64/h4-31H,1-3H3. The van der Waals surface area contributed by atoms with E-state index in [2.05, 4.69) is 24.3 Å². The van der Waals surface area contributed by atoms with Gasteiger partial charge in [0.2, 0.25) is 0 Å². The average molecular weight is 913 g/mol. The summed E-state index contributed by atoms with van der Waals surface area (Å²) in [4.78, 5) is 0. The molecule has 0 amide bonds. The van der Waals surface area contributed by atoms with Crippen molar-refractivity contribution in [1.82, 2.24) is 9.13 Å². The van der Waals surface area contributed by atoms with Gasteiger partial charge in [-0.05, 0) is 132 Å². The number of nitrogens with zero attached hydrogens (tertiary/aromatic N) is 2. The molecule has 0 aliphatic rings. The molecule has 2 nitrogen and oxygen atoms in total. The number of aryl methyl sites for hydroxylation is 3. The molecule has 0 N–H and O–H groups in total. The van der Waals surface area contributed by atoms with E-state index in [1.165, 1.54) is 19.1 Å². The molecule has 2 heterocycles. The number of benzene rings is 8. The fourth-order valence-corrected chi connectivity index (χ4v) is 14.7. The Kier molecular flexibility index (Phi) is 9.92. The highest BCUT2D eigenvalue weighted by Gasteiger charge is 2.42. The summed E-state index contributed by atoms with van der Waals surface area (Å²) in [6, 6.07) is 48.9. The minimum atomic E-state index is -4.73. The SMILES string of the molecule is Cc1ccc2c(c1)c1cc(C)cc(C(F)(F)F)c1n2-c1ccc([Si](c2ccccc2)(c2ccccc2)c2ccc(-n3c4ccc(C(F)(F)F)cc4c4cc(C(F)(F)F)cc(C)c43)cc2)cc1. The summed E-state index contributed by atoms with van der Waals surface area (Å²) in [5.74, 6) is 0. The van der Waals surface area contributed by atoms with Crippen LogP contribution < -0.4 is 20.7 Å². The number of halogens is 9. The molecule has 2 aromatic heterocycles. The zero-order valence-corrected chi connectivity index (χ0v) is 36.5. The summed E-state index contributed by atoms with van der Waals surface area (Å²) in [6.07, 6.45) is -14.1. The molecule has 0 saturated heterocycles. The van der Waals surface area contributed by atoms with Crippen molar-refractivity contribution in [2.24, 2.45) is 0 Å². The lowest BCUT2D eigenvalue weighted by molar-refractivity contribution is -0.138. The van der Waals surface area contributed by atoms with E-state index in [0.717, 1.165) is 50.6 Å². The van der Waals surface area contributed by atoms with Crippen molar-refractivity contribution in [3.05, 3.63) is 203 Å².